The third-order valence-electron chi connectivity index (χ3n) is 5.42. The van der Waals surface area contributed by atoms with E-state index in [1.807, 2.05) is 38.7 Å². The molecule has 0 aliphatic carbocycles. The molecule has 0 N–H and O–H groups in total. The van der Waals surface area contributed by atoms with Gasteiger partial charge in [-0.15, -0.1) is 0 Å². The fourth-order valence-corrected chi connectivity index (χ4v) is 3.68. The lowest BCUT2D eigenvalue weighted by Gasteiger charge is -2.39. The SMILES string of the molecule is Cc1ccc(CN(C(=O)c2ccc(C)cn2)C2CCN(C(=O)OC(C)(C)C)CC2)cc1. The molecule has 0 radical (unpaired) electrons. The van der Waals surface area contributed by atoms with Crippen molar-refractivity contribution in [3.63, 3.8) is 0 Å². The summed E-state index contributed by atoms with van der Waals surface area (Å²) in [5.74, 6) is -0.0729. The number of aryl methyl sites for hydroxylation is 2. The number of ether oxygens (including phenoxy) is 1. The second-order valence-corrected chi connectivity index (χ2v) is 9.34. The first-order valence-corrected chi connectivity index (χ1v) is 10.9. The molecule has 2 amide bonds. The number of rotatable bonds is 4. The Labute approximate surface area is 185 Å². The fourth-order valence-electron chi connectivity index (χ4n) is 3.68. The van der Waals surface area contributed by atoms with Crippen LogP contribution in [0.15, 0.2) is 42.6 Å². The van der Waals surface area contributed by atoms with Crippen molar-refractivity contribution in [1.82, 2.24) is 14.8 Å². The van der Waals surface area contributed by atoms with Gasteiger partial charge in [0.2, 0.25) is 0 Å². The molecule has 1 aliphatic rings. The van der Waals surface area contributed by atoms with Gasteiger partial charge in [-0.3, -0.25) is 9.78 Å². The van der Waals surface area contributed by atoms with Crippen LogP contribution in [0, 0.1) is 13.8 Å². The van der Waals surface area contributed by atoms with E-state index < -0.39 is 5.60 Å². The highest BCUT2D eigenvalue weighted by atomic mass is 16.6. The van der Waals surface area contributed by atoms with Crippen molar-refractivity contribution in [2.24, 2.45) is 0 Å². The Balaban J connectivity index is 1.75. The predicted molar refractivity (Wildman–Crippen MR) is 121 cm³/mol. The summed E-state index contributed by atoms with van der Waals surface area (Å²) in [5, 5.41) is 0. The lowest BCUT2D eigenvalue weighted by molar-refractivity contribution is 0.0141. The number of carbonyl (C=O) groups is 2. The molecular weight excluding hydrogens is 390 g/mol. The van der Waals surface area contributed by atoms with Crippen molar-refractivity contribution in [2.75, 3.05) is 13.1 Å². The summed E-state index contributed by atoms with van der Waals surface area (Å²) in [6, 6.07) is 12.0. The van der Waals surface area contributed by atoms with E-state index in [-0.39, 0.29) is 18.0 Å². The molecular formula is C25H33N3O3. The zero-order valence-electron chi connectivity index (χ0n) is 19.2. The fraction of sp³-hybridized carbons (Fsp3) is 0.480. The van der Waals surface area contributed by atoms with E-state index in [0.717, 1.165) is 11.1 Å². The highest BCUT2D eigenvalue weighted by Gasteiger charge is 2.32. The van der Waals surface area contributed by atoms with Gasteiger partial charge in [0.15, 0.2) is 0 Å². The Morgan fingerprint density at radius 1 is 1.03 bits per heavy atom. The maximum Gasteiger partial charge on any atom is 0.410 e. The van der Waals surface area contributed by atoms with Crippen LogP contribution >= 0.6 is 0 Å². The number of likely N-dealkylation sites (tertiary alicyclic amines) is 1. The van der Waals surface area contributed by atoms with Gasteiger partial charge in [-0.1, -0.05) is 35.9 Å². The Bertz CT molecular complexity index is 893. The zero-order chi connectivity index (χ0) is 22.6. The number of carbonyl (C=O) groups excluding carboxylic acids is 2. The number of nitrogens with zero attached hydrogens (tertiary/aromatic N) is 3. The maximum atomic E-state index is 13.4. The molecule has 0 atom stereocenters. The van der Waals surface area contributed by atoms with E-state index >= 15 is 0 Å². The van der Waals surface area contributed by atoms with Crippen molar-refractivity contribution in [3.05, 3.63) is 65.0 Å². The molecule has 1 fully saturated rings. The second kappa shape index (κ2) is 9.50. The summed E-state index contributed by atoms with van der Waals surface area (Å²) in [5.41, 5.74) is 3.23. The van der Waals surface area contributed by atoms with Crippen LogP contribution in [0.5, 0.6) is 0 Å². The van der Waals surface area contributed by atoms with Gasteiger partial charge in [0, 0.05) is 31.9 Å². The maximum absolute atomic E-state index is 13.4. The van der Waals surface area contributed by atoms with Gasteiger partial charge in [0.05, 0.1) is 0 Å². The second-order valence-electron chi connectivity index (χ2n) is 9.34. The average molecular weight is 424 g/mol. The van der Waals surface area contributed by atoms with Crippen LogP contribution in [0.1, 0.15) is 60.8 Å². The van der Waals surface area contributed by atoms with Gasteiger partial charge in [0.25, 0.3) is 5.91 Å². The molecule has 1 aromatic carbocycles. The Morgan fingerprint density at radius 3 is 2.19 bits per heavy atom. The Morgan fingerprint density at radius 2 is 1.65 bits per heavy atom. The van der Waals surface area contributed by atoms with Gasteiger partial charge in [-0.25, -0.2) is 4.79 Å². The summed E-state index contributed by atoms with van der Waals surface area (Å²) in [4.78, 5) is 33.8. The first kappa shape index (κ1) is 22.8. The molecule has 1 saturated heterocycles. The van der Waals surface area contributed by atoms with Gasteiger partial charge in [0.1, 0.15) is 11.3 Å². The van der Waals surface area contributed by atoms with Crippen LogP contribution in [-0.4, -0.2) is 51.5 Å². The standard InChI is InChI=1S/C25H33N3O3/c1-18-6-9-20(10-7-18)17-28(23(29)22-11-8-19(2)16-26-22)21-12-14-27(15-13-21)24(30)31-25(3,4)5/h6-11,16,21H,12-15,17H2,1-5H3. The summed E-state index contributed by atoms with van der Waals surface area (Å²) in [6.45, 7) is 11.3. The molecule has 166 valence electrons. The molecule has 1 aromatic heterocycles. The van der Waals surface area contributed by atoms with E-state index in [2.05, 4.69) is 36.2 Å². The minimum Gasteiger partial charge on any atom is -0.444 e. The van der Waals surface area contributed by atoms with E-state index in [4.69, 9.17) is 4.74 Å². The smallest absolute Gasteiger partial charge is 0.410 e. The van der Waals surface area contributed by atoms with E-state index in [9.17, 15) is 9.59 Å². The lowest BCUT2D eigenvalue weighted by Crippen LogP contribution is -2.49. The van der Waals surface area contributed by atoms with Crippen molar-refractivity contribution in [3.8, 4) is 0 Å². The number of pyridine rings is 1. The van der Waals surface area contributed by atoms with E-state index in [0.29, 0.717) is 38.2 Å². The molecule has 3 rings (SSSR count). The van der Waals surface area contributed by atoms with E-state index in [1.54, 1.807) is 17.2 Å². The van der Waals surface area contributed by atoms with Crippen LogP contribution in [0.4, 0.5) is 4.79 Å². The van der Waals surface area contributed by atoms with Crippen molar-refractivity contribution in [1.29, 1.82) is 0 Å². The largest absolute Gasteiger partial charge is 0.444 e. The molecule has 6 nitrogen and oxygen atoms in total. The van der Waals surface area contributed by atoms with Crippen LogP contribution < -0.4 is 0 Å². The van der Waals surface area contributed by atoms with Crippen molar-refractivity contribution < 1.29 is 14.3 Å². The van der Waals surface area contributed by atoms with Gasteiger partial charge in [-0.2, -0.15) is 0 Å². The molecule has 0 unspecified atom stereocenters. The molecule has 2 aromatic rings. The number of piperidine rings is 1. The molecule has 6 heteroatoms. The van der Waals surface area contributed by atoms with Crippen LogP contribution in [0.2, 0.25) is 0 Å². The number of hydrogen-bond acceptors (Lipinski definition) is 4. The van der Waals surface area contributed by atoms with Crippen LogP contribution in [0.25, 0.3) is 0 Å². The average Bonchev–Trinajstić information content (AvgIpc) is 2.72. The van der Waals surface area contributed by atoms with Gasteiger partial charge >= 0.3 is 6.09 Å². The molecule has 31 heavy (non-hydrogen) atoms. The van der Waals surface area contributed by atoms with Gasteiger partial charge < -0.3 is 14.5 Å². The highest BCUT2D eigenvalue weighted by Crippen LogP contribution is 2.23. The summed E-state index contributed by atoms with van der Waals surface area (Å²) >= 11 is 0. The predicted octanol–water partition coefficient (Wildman–Crippen LogP) is 4.74. The highest BCUT2D eigenvalue weighted by molar-refractivity contribution is 5.92. The number of aromatic nitrogens is 1. The third kappa shape index (κ3) is 6.29. The third-order valence-corrected chi connectivity index (χ3v) is 5.42. The normalized spacial score (nSPS) is 14.9. The van der Waals surface area contributed by atoms with Crippen LogP contribution in [-0.2, 0) is 11.3 Å². The van der Waals surface area contributed by atoms with Crippen molar-refractivity contribution >= 4 is 12.0 Å². The lowest BCUT2D eigenvalue weighted by atomic mass is 10.0. The first-order valence-electron chi connectivity index (χ1n) is 10.9. The first-order chi connectivity index (χ1) is 14.6. The molecule has 2 heterocycles. The summed E-state index contributed by atoms with van der Waals surface area (Å²) in [7, 11) is 0. The Kier molecular flexibility index (Phi) is 6.98. The zero-order valence-corrected chi connectivity index (χ0v) is 19.2. The molecule has 0 spiro atoms. The van der Waals surface area contributed by atoms with E-state index in [1.165, 1.54) is 5.56 Å². The molecule has 0 saturated carbocycles. The topological polar surface area (TPSA) is 62.7 Å². The van der Waals surface area contributed by atoms with Crippen molar-refractivity contribution in [2.45, 2.75) is 65.6 Å². The summed E-state index contributed by atoms with van der Waals surface area (Å²) in [6.07, 6.45) is 2.86. The quantitative estimate of drug-likeness (QED) is 0.713. The monoisotopic (exact) mass is 423 g/mol. The van der Waals surface area contributed by atoms with Gasteiger partial charge in [-0.05, 0) is 64.7 Å². The minimum absolute atomic E-state index is 0.0376. The number of hydrogen-bond donors (Lipinski definition) is 0. The minimum atomic E-state index is -0.515. The molecule has 0 bridgehead atoms. The number of amides is 2. The number of benzene rings is 1. The Hall–Kier alpha value is -2.89. The molecule has 1 aliphatic heterocycles. The van der Waals surface area contributed by atoms with Crippen LogP contribution in [0.3, 0.4) is 0 Å². The summed E-state index contributed by atoms with van der Waals surface area (Å²) < 4.78 is 5.50.